The van der Waals surface area contributed by atoms with E-state index in [2.05, 4.69) is 41.4 Å². The SMILES string of the molecule is CCc1c(-c2ccc(C(C)(C)N)cc2)nc2nc(C)c3c[nH][nH]c3c12. The molecule has 3 aromatic heterocycles. The van der Waals surface area contributed by atoms with Gasteiger partial charge in [0.05, 0.1) is 22.3 Å². The van der Waals surface area contributed by atoms with Crippen molar-refractivity contribution in [3.05, 3.63) is 47.3 Å². The summed E-state index contributed by atoms with van der Waals surface area (Å²) in [6, 6.07) is 8.39. The lowest BCUT2D eigenvalue weighted by atomic mass is 9.93. The van der Waals surface area contributed by atoms with Gasteiger partial charge in [-0.05, 0) is 38.3 Å². The Bertz CT molecular complexity index is 1060. The molecule has 0 bridgehead atoms. The van der Waals surface area contributed by atoms with Crippen LogP contribution in [0.4, 0.5) is 0 Å². The van der Waals surface area contributed by atoms with Gasteiger partial charge in [-0.2, -0.15) is 0 Å². The van der Waals surface area contributed by atoms with Crippen LogP contribution in [0.3, 0.4) is 0 Å². The molecule has 0 saturated carbocycles. The van der Waals surface area contributed by atoms with Crippen molar-refractivity contribution in [2.45, 2.75) is 39.7 Å². The molecule has 5 nitrogen and oxygen atoms in total. The molecule has 0 fully saturated rings. The average molecular weight is 333 g/mol. The molecule has 0 unspecified atom stereocenters. The van der Waals surface area contributed by atoms with E-state index < -0.39 is 0 Å². The second kappa shape index (κ2) is 5.43. The highest BCUT2D eigenvalue weighted by Crippen LogP contribution is 2.35. The van der Waals surface area contributed by atoms with Crippen LogP contribution in [0.25, 0.3) is 33.2 Å². The first kappa shape index (κ1) is 15.8. The van der Waals surface area contributed by atoms with Crippen molar-refractivity contribution in [1.29, 1.82) is 0 Å². The van der Waals surface area contributed by atoms with Crippen molar-refractivity contribution >= 4 is 21.9 Å². The predicted octanol–water partition coefficient (Wildman–Crippen LogP) is 4.17. The van der Waals surface area contributed by atoms with Gasteiger partial charge in [0.25, 0.3) is 0 Å². The van der Waals surface area contributed by atoms with Crippen molar-refractivity contribution < 1.29 is 0 Å². The maximum Gasteiger partial charge on any atom is 0.162 e. The fourth-order valence-corrected chi connectivity index (χ4v) is 3.49. The summed E-state index contributed by atoms with van der Waals surface area (Å²) in [5.41, 5.74) is 13.2. The van der Waals surface area contributed by atoms with Gasteiger partial charge >= 0.3 is 0 Å². The summed E-state index contributed by atoms with van der Waals surface area (Å²) in [7, 11) is 0. The topological polar surface area (TPSA) is 83.4 Å². The summed E-state index contributed by atoms with van der Waals surface area (Å²) >= 11 is 0. The van der Waals surface area contributed by atoms with E-state index in [1.165, 1.54) is 5.56 Å². The Labute approximate surface area is 146 Å². The Morgan fingerprint density at radius 1 is 1.12 bits per heavy atom. The summed E-state index contributed by atoms with van der Waals surface area (Å²) in [6.07, 6.45) is 2.86. The zero-order chi connectivity index (χ0) is 17.8. The summed E-state index contributed by atoms with van der Waals surface area (Å²) in [6.45, 7) is 8.20. The fourth-order valence-electron chi connectivity index (χ4n) is 3.49. The molecule has 4 rings (SSSR count). The molecule has 0 radical (unpaired) electrons. The van der Waals surface area contributed by atoms with Crippen LogP contribution in [0.2, 0.25) is 0 Å². The third kappa shape index (κ3) is 2.43. The van der Waals surface area contributed by atoms with Crippen LogP contribution in [0.1, 0.15) is 37.6 Å². The quantitative estimate of drug-likeness (QED) is 0.526. The molecule has 0 saturated heterocycles. The lowest BCUT2D eigenvalue weighted by Gasteiger charge is -2.19. The third-order valence-corrected chi connectivity index (χ3v) is 4.88. The number of hydrogen-bond donors (Lipinski definition) is 3. The van der Waals surface area contributed by atoms with Crippen LogP contribution in [0, 0.1) is 6.92 Å². The van der Waals surface area contributed by atoms with Crippen LogP contribution < -0.4 is 5.73 Å². The fraction of sp³-hybridized carbons (Fsp3) is 0.300. The summed E-state index contributed by atoms with van der Waals surface area (Å²) in [5, 5.41) is 8.56. The van der Waals surface area contributed by atoms with Crippen LogP contribution >= 0.6 is 0 Å². The molecule has 0 aliphatic carbocycles. The standard InChI is InChI=1S/C20H23N5/c1-5-14-16-18-15(10-22-25-18)11(2)23-19(16)24-17(14)12-6-8-13(9-7-12)20(3,4)21/h6-10,22,25H,5,21H2,1-4H3. The van der Waals surface area contributed by atoms with E-state index in [4.69, 9.17) is 15.7 Å². The number of nitrogens with two attached hydrogens (primary N) is 1. The third-order valence-electron chi connectivity index (χ3n) is 4.88. The van der Waals surface area contributed by atoms with Crippen molar-refractivity contribution in [3.8, 4) is 11.3 Å². The van der Waals surface area contributed by atoms with Gasteiger partial charge < -0.3 is 10.8 Å². The van der Waals surface area contributed by atoms with Crippen LogP contribution in [0.15, 0.2) is 30.5 Å². The molecule has 4 N–H and O–H groups in total. The minimum atomic E-state index is -0.346. The lowest BCUT2D eigenvalue weighted by Crippen LogP contribution is -2.28. The zero-order valence-electron chi connectivity index (χ0n) is 15.1. The normalized spacial score (nSPS) is 12.4. The van der Waals surface area contributed by atoms with E-state index in [-0.39, 0.29) is 5.54 Å². The molecular formula is C20H23N5. The second-order valence-electron chi connectivity index (χ2n) is 7.19. The van der Waals surface area contributed by atoms with Crippen molar-refractivity contribution in [3.63, 3.8) is 0 Å². The number of aromatic amines is 2. The minimum Gasteiger partial charge on any atom is -0.322 e. The van der Waals surface area contributed by atoms with Gasteiger partial charge in [0.2, 0.25) is 0 Å². The van der Waals surface area contributed by atoms with Gasteiger partial charge in [0.15, 0.2) is 5.65 Å². The molecule has 5 heteroatoms. The Hall–Kier alpha value is -2.66. The highest BCUT2D eigenvalue weighted by atomic mass is 15.1. The van der Waals surface area contributed by atoms with E-state index in [1.807, 2.05) is 27.0 Å². The van der Waals surface area contributed by atoms with Crippen LogP contribution in [-0.4, -0.2) is 20.2 Å². The lowest BCUT2D eigenvalue weighted by molar-refractivity contribution is 0.554. The molecule has 1 aromatic carbocycles. The van der Waals surface area contributed by atoms with Gasteiger partial charge in [0, 0.05) is 22.7 Å². The van der Waals surface area contributed by atoms with Crippen LogP contribution in [0.5, 0.6) is 0 Å². The van der Waals surface area contributed by atoms with Crippen molar-refractivity contribution in [1.82, 2.24) is 20.2 Å². The Morgan fingerprint density at radius 3 is 2.48 bits per heavy atom. The first-order valence-electron chi connectivity index (χ1n) is 8.64. The zero-order valence-corrected chi connectivity index (χ0v) is 15.1. The molecule has 0 aliphatic heterocycles. The van der Waals surface area contributed by atoms with E-state index in [9.17, 15) is 0 Å². The van der Waals surface area contributed by atoms with Gasteiger partial charge in [-0.1, -0.05) is 31.2 Å². The number of nitrogens with one attached hydrogen (secondary N) is 2. The Balaban J connectivity index is 1.96. The predicted molar refractivity (Wildman–Crippen MR) is 103 cm³/mol. The Kier molecular flexibility index (Phi) is 3.44. The monoisotopic (exact) mass is 333 g/mol. The van der Waals surface area contributed by atoms with Gasteiger partial charge in [0.1, 0.15) is 0 Å². The maximum absolute atomic E-state index is 6.20. The first-order chi connectivity index (χ1) is 11.9. The summed E-state index contributed by atoms with van der Waals surface area (Å²) in [4.78, 5) is 9.58. The highest BCUT2D eigenvalue weighted by molar-refractivity contribution is 6.07. The number of hydrogen-bond acceptors (Lipinski definition) is 3. The molecule has 128 valence electrons. The minimum absolute atomic E-state index is 0.346. The number of fused-ring (bicyclic) bond motifs is 3. The summed E-state index contributed by atoms with van der Waals surface area (Å²) in [5.74, 6) is 0. The van der Waals surface area contributed by atoms with E-state index in [0.29, 0.717) is 0 Å². The van der Waals surface area contributed by atoms with E-state index in [1.54, 1.807) is 0 Å². The van der Waals surface area contributed by atoms with Gasteiger partial charge in [-0.15, -0.1) is 0 Å². The molecule has 0 atom stereocenters. The highest BCUT2D eigenvalue weighted by Gasteiger charge is 2.19. The van der Waals surface area contributed by atoms with Crippen LogP contribution in [-0.2, 0) is 12.0 Å². The summed E-state index contributed by atoms with van der Waals surface area (Å²) < 4.78 is 0. The number of H-pyrrole nitrogens is 2. The van der Waals surface area contributed by atoms with Crippen molar-refractivity contribution in [2.24, 2.45) is 5.73 Å². The largest absolute Gasteiger partial charge is 0.322 e. The van der Waals surface area contributed by atoms with Crippen molar-refractivity contribution in [2.75, 3.05) is 0 Å². The molecule has 0 aliphatic rings. The molecule has 0 spiro atoms. The molecular weight excluding hydrogens is 310 g/mol. The van der Waals surface area contributed by atoms with Gasteiger partial charge in [-0.3, -0.25) is 5.10 Å². The average Bonchev–Trinajstić information content (AvgIpc) is 3.18. The Morgan fingerprint density at radius 2 is 1.84 bits per heavy atom. The maximum atomic E-state index is 6.20. The second-order valence-corrected chi connectivity index (χ2v) is 7.19. The van der Waals surface area contributed by atoms with Gasteiger partial charge in [-0.25, -0.2) is 9.97 Å². The number of aromatic nitrogens is 4. The van der Waals surface area contributed by atoms with E-state index in [0.717, 1.165) is 50.9 Å². The molecule has 3 heterocycles. The molecule has 4 aromatic rings. The number of benzene rings is 1. The molecule has 25 heavy (non-hydrogen) atoms. The number of pyridine rings is 1. The number of nitrogens with zero attached hydrogens (tertiary/aromatic N) is 2. The number of aryl methyl sites for hydroxylation is 2. The van der Waals surface area contributed by atoms with E-state index >= 15 is 0 Å². The smallest absolute Gasteiger partial charge is 0.162 e. The molecule has 0 amide bonds. The first-order valence-corrected chi connectivity index (χ1v) is 8.64. The number of rotatable bonds is 3.